The number of ether oxygens (including phenoxy) is 1. The van der Waals surface area contributed by atoms with Crippen LogP contribution in [0.2, 0.25) is 0 Å². The Morgan fingerprint density at radius 1 is 0.528 bits per heavy atom. The summed E-state index contributed by atoms with van der Waals surface area (Å²) in [5.41, 5.74) is 13.2. The van der Waals surface area contributed by atoms with Gasteiger partial charge >= 0.3 is 5.97 Å². The van der Waals surface area contributed by atoms with Crippen molar-refractivity contribution in [3.8, 4) is 0 Å². The zero-order chi connectivity index (χ0) is 36.9. The molecular formula is C46H44N2O3S2. The number of hydrogen-bond acceptors (Lipinski definition) is 6. The van der Waals surface area contributed by atoms with Crippen molar-refractivity contribution in [2.24, 2.45) is 5.73 Å². The molecule has 6 aromatic rings. The van der Waals surface area contributed by atoms with Crippen molar-refractivity contribution < 1.29 is 14.3 Å². The highest BCUT2D eigenvalue weighted by Crippen LogP contribution is 2.50. The first-order valence-electron chi connectivity index (χ1n) is 17.8. The molecule has 0 spiro atoms. The van der Waals surface area contributed by atoms with Gasteiger partial charge in [0.05, 0.1) is 22.1 Å². The van der Waals surface area contributed by atoms with E-state index in [-0.39, 0.29) is 18.1 Å². The van der Waals surface area contributed by atoms with Gasteiger partial charge in [-0.25, -0.2) is 4.79 Å². The molecule has 0 radical (unpaired) electrons. The summed E-state index contributed by atoms with van der Waals surface area (Å²) in [5, 5.41) is 3.01. The van der Waals surface area contributed by atoms with Crippen LogP contribution in [0.1, 0.15) is 40.3 Å². The summed E-state index contributed by atoms with van der Waals surface area (Å²) in [6.07, 6.45) is 0. The second kappa shape index (κ2) is 18.1. The van der Waals surface area contributed by atoms with Crippen molar-refractivity contribution in [1.82, 2.24) is 5.32 Å². The van der Waals surface area contributed by atoms with Gasteiger partial charge in [0.1, 0.15) is 6.04 Å². The van der Waals surface area contributed by atoms with E-state index in [9.17, 15) is 9.59 Å². The predicted molar refractivity (Wildman–Crippen MR) is 220 cm³/mol. The average Bonchev–Trinajstić information content (AvgIpc) is 3.23. The van der Waals surface area contributed by atoms with Crippen LogP contribution in [-0.4, -0.2) is 42.1 Å². The number of thioether (sulfide) groups is 2. The van der Waals surface area contributed by atoms with Crippen LogP contribution in [-0.2, 0) is 23.8 Å². The molecule has 0 saturated carbocycles. The van der Waals surface area contributed by atoms with E-state index in [1.54, 1.807) is 30.4 Å². The average molecular weight is 737 g/mol. The number of carbonyl (C=O) groups excluding carboxylic acids is 2. The molecule has 0 fully saturated rings. The van der Waals surface area contributed by atoms with Gasteiger partial charge in [-0.3, -0.25) is 4.79 Å². The van der Waals surface area contributed by atoms with Gasteiger partial charge in [-0.1, -0.05) is 182 Å². The lowest BCUT2D eigenvalue weighted by atomic mass is 9.84. The lowest BCUT2D eigenvalue weighted by molar-refractivity contribution is -0.146. The third kappa shape index (κ3) is 8.44. The maximum Gasteiger partial charge on any atom is 0.329 e. The first-order valence-corrected chi connectivity index (χ1v) is 19.8. The van der Waals surface area contributed by atoms with Crippen LogP contribution in [0, 0.1) is 0 Å². The van der Waals surface area contributed by atoms with E-state index in [0.717, 1.165) is 33.4 Å². The monoisotopic (exact) mass is 736 g/mol. The summed E-state index contributed by atoms with van der Waals surface area (Å²) in [6, 6.07) is 59.8. The Morgan fingerprint density at radius 3 is 1.09 bits per heavy atom. The zero-order valence-electron chi connectivity index (χ0n) is 29.7. The van der Waals surface area contributed by atoms with E-state index in [1.807, 2.05) is 109 Å². The minimum atomic E-state index is -0.943. The van der Waals surface area contributed by atoms with E-state index in [0.29, 0.717) is 0 Å². The van der Waals surface area contributed by atoms with Gasteiger partial charge in [-0.2, -0.15) is 0 Å². The van der Waals surface area contributed by atoms with Crippen LogP contribution in [0.4, 0.5) is 0 Å². The van der Waals surface area contributed by atoms with Gasteiger partial charge in [0.25, 0.3) is 0 Å². The number of amides is 1. The minimum absolute atomic E-state index is 0.187. The van der Waals surface area contributed by atoms with Crippen LogP contribution >= 0.6 is 23.5 Å². The molecule has 0 saturated heterocycles. The molecule has 0 aliphatic heterocycles. The maximum absolute atomic E-state index is 14.1. The Hall–Kier alpha value is -5.08. The number of carbonyl (C=O) groups is 2. The first kappa shape index (κ1) is 37.7. The minimum Gasteiger partial charge on any atom is -0.464 e. The first-order chi connectivity index (χ1) is 26.0. The van der Waals surface area contributed by atoms with Gasteiger partial charge < -0.3 is 15.8 Å². The van der Waals surface area contributed by atoms with Crippen molar-refractivity contribution in [2.75, 3.05) is 18.1 Å². The smallest absolute Gasteiger partial charge is 0.329 e. The molecule has 0 heterocycles. The molecule has 53 heavy (non-hydrogen) atoms. The molecule has 0 bridgehead atoms. The lowest BCUT2D eigenvalue weighted by Gasteiger charge is -2.37. The van der Waals surface area contributed by atoms with Gasteiger partial charge in [0, 0.05) is 11.5 Å². The largest absolute Gasteiger partial charge is 0.464 e. The quantitative estimate of drug-likeness (QED) is 0.0764. The Bertz CT molecular complexity index is 1820. The highest BCUT2D eigenvalue weighted by Gasteiger charge is 2.40. The van der Waals surface area contributed by atoms with E-state index in [2.05, 4.69) is 78.1 Å². The molecule has 2 unspecified atom stereocenters. The molecule has 0 aliphatic carbocycles. The van der Waals surface area contributed by atoms with Crippen LogP contribution in [0.25, 0.3) is 0 Å². The van der Waals surface area contributed by atoms with Gasteiger partial charge in [-0.05, 0) is 40.3 Å². The highest BCUT2D eigenvalue weighted by atomic mass is 32.2. The van der Waals surface area contributed by atoms with Gasteiger partial charge in [0.15, 0.2) is 0 Å². The normalized spacial score (nSPS) is 12.7. The SMILES string of the molecule is CCOC(=O)C(CSC(c1ccccc1)(c1ccccc1)c1ccccc1)NC(=O)C(N)CSC(c1ccccc1)(c1ccccc1)c1ccccc1. The highest BCUT2D eigenvalue weighted by molar-refractivity contribution is 8.01. The molecule has 5 nitrogen and oxygen atoms in total. The summed E-state index contributed by atoms with van der Waals surface area (Å²) in [4.78, 5) is 27.7. The fourth-order valence-corrected chi connectivity index (χ4v) is 9.76. The number of nitrogens with one attached hydrogen (secondary N) is 1. The number of esters is 1. The second-order valence-electron chi connectivity index (χ2n) is 12.6. The molecule has 0 aliphatic rings. The maximum atomic E-state index is 14.1. The van der Waals surface area contributed by atoms with Crippen molar-refractivity contribution in [3.05, 3.63) is 215 Å². The molecule has 268 valence electrons. The Kier molecular flexibility index (Phi) is 12.9. The van der Waals surface area contributed by atoms with Crippen molar-refractivity contribution in [2.45, 2.75) is 28.5 Å². The van der Waals surface area contributed by atoms with E-state index in [1.165, 1.54) is 0 Å². The molecular weight excluding hydrogens is 693 g/mol. The third-order valence-corrected chi connectivity index (χ3v) is 12.6. The summed E-state index contributed by atoms with van der Waals surface area (Å²) in [5.74, 6) is -0.382. The number of rotatable bonds is 16. The molecule has 6 rings (SSSR count). The summed E-state index contributed by atoms with van der Waals surface area (Å²) >= 11 is 3.20. The van der Waals surface area contributed by atoms with Crippen LogP contribution in [0.3, 0.4) is 0 Å². The van der Waals surface area contributed by atoms with Crippen LogP contribution < -0.4 is 11.1 Å². The third-order valence-electron chi connectivity index (χ3n) is 9.25. The Labute approximate surface area is 321 Å². The van der Waals surface area contributed by atoms with Gasteiger partial charge in [0.2, 0.25) is 5.91 Å². The predicted octanol–water partition coefficient (Wildman–Crippen LogP) is 8.81. The van der Waals surface area contributed by atoms with Crippen LogP contribution in [0.5, 0.6) is 0 Å². The fourth-order valence-electron chi connectivity index (χ4n) is 6.73. The van der Waals surface area contributed by atoms with Crippen LogP contribution in [0.15, 0.2) is 182 Å². The molecule has 3 N–H and O–H groups in total. The molecule has 7 heteroatoms. The number of hydrogen-bond donors (Lipinski definition) is 2. The number of benzene rings is 6. The zero-order valence-corrected chi connectivity index (χ0v) is 31.3. The molecule has 2 atom stereocenters. The standard InChI is InChI=1S/C46H44N2O3S2/c1-2-51-44(50)42(34-53-46(38-27-15-6-16-28-38,39-29-17-7-18-30-39)40-31-19-8-20-32-40)48-43(49)41(47)33-52-45(35-21-9-3-10-22-35,36-23-11-4-12-24-36)37-25-13-5-14-26-37/h3-32,41-42H,2,33-34,47H2,1H3,(H,48,49). The summed E-state index contributed by atoms with van der Waals surface area (Å²) < 4.78 is 4.22. The Balaban J connectivity index is 1.30. The van der Waals surface area contributed by atoms with E-state index >= 15 is 0 Å². The van der Waals surface area contributed by atoms with Crippen molar-refractivity contribution >= 4 is 35.4 Å². The van der Waals surface area contributed by atoms with Gasteiger partial charge in [-0.15, -0.1) is 23.5 Å². The topological polar surface area (TPSA) is 81.4 Å². The van der Waals surface area contributed by atoms with E-state index < -0.39 is 33.5 Å². The van der Waals surface area contributed by atoms with Crippen molar-refractivity contribution in [1.29, 1.82) is 0 Å². The fraction of sp³-hybridized carbons (Fsp3) is 0.174. The molecule has 0 aromatic heterocycles. The lowest BCUT2D eigenvalue weighted by Crippen LogP contribution is -2.51. The summed E-state index contributed by atoms with van der Waals surface area (Å²) in [7, 11) is 0. The number of nitrogens with two attached hydrogens (primary N) is 1. The summed E-state index contributed by atoms with van der Waals surface area (Å²) in [6.45, 7) is 1.96. The molecule has 1 amide bonds. The van der Waals surface area contributed by atoms with Crippen molar-refractivity contribution in [3.63, 3.8) is 0 Å². The second-order valence-corrected chi connectivity index (χ2v) is 15.1. The Morgan fingerprint density at radius 2 is 0.811 bits per heavy atom. The van der Waals surface area contributed by atoms with E-state index in [4.69, 9.17) is 10.5 Å². The molecule has 6 aromatic carbocycles.